The number of aliphatic hydroxyl groups excluding tert-OH is 1. The SMILES string of the molecule is CC[N+](CC)(CC)C(O)CCCCl. The summed E-state index contributed by atoms with van der Waals surface area (Å²) < 4.78 is 0.802. The molecule has 0 aromatic rings. The molecule has 13 heavy (non-hydrogen) atoms. The van der Waals surface area contributed by atoms with Gasteiger partial charge >= 0.3 is 0 Å². The molecule has 0 radical (unpaired) electrons. The molecule has 0 spiro atoms. The van der Waals surface area contributed by atoms with Crippen LogP contribution in [0.15, 0.2) is 0 Å². The maximum atomic E-state index is 10.0. The van der Waals surface area contributed by atoms with Crippen LogP contribution in [0.2, 0.25) is 0 Å². The van der Waals surface area contributed by atoms with Crippen LogP contribution in [0, 0.1) is 0 Å². The van der Waals surface area contributed by atoms with Gasteiger partial charge in [0.15, 0.2) is 6.23 Å². The molecule has 0 bridgehead atoms. The molecule has 0 fully saturated rings. The monoisotopic (exact) mass is 208 g/mol. The molecule has 1 atom stereocenters. The van der Waals surface area contributed by atoms with Crippen molar-refractivity contribution in [3.05, 3.63) is 0 Å². The molecular formula is C10H23ClNO+. The van der Waals surface area contributed by atoms with Crippen molar-refractivity contribution in [1.82, 2.24) is 0 Å². The first-order chi connectivity index (χ1) is 6.16. The fourth-order valence-electron chi connectivity index (χ4n) is 1.84. The molecule has 2 nitrogen and oxygen atoms in total. The molecule has 0 aromatic carbocycles. The largest absolute Gasteiger partial charge is 0.345 e. The zero-order chi connectivity index (χ0) is 10.3. The van der Waals surface area contributed by atoms with Crippen molar-refractivity contribution >= 4 is 11.6 Å². The Kier molecular flexibility index (Phi) is 6.74. The standard InChI is InChI=1S/C10H23ClNO/c1-4-12(5-2,6-3)10(13)8-7-9-11/h10,13H,4-9H2,1-3H3/q+1. The molecule has 0 amide bonds. The average Bonchev–Trinajstić information content (AvgIpc) is 2.18. The first kappa shape index (κ1) is 13.2. The maximum absolute atomic E-state index is 10.0. The fraction of sp³-hybridized carbons (Fsp3) is 1.00. The van der Waals surface area contributed by atoms with Crippen LogP contribution in [0.4, 0.5) is 0 Å². The van der Waals surface area contributed by atoms with Crippen molar-refractivity contribution in [2.45, 2.75) is 39.8 Å². The summed E-state index contributed by atoms with van der Waals surface area (Å²) in [5, 5.41) is 10.0. The van der Waals surface area contributed by atoms with Gasteiger partial charge in [-0.25, -0.2) is 0 Å². The Labute approximate surface area is 87.1 Å². The molecule has 0 saturated carbocycles. The van der Waals surface area contributed by atoms with Crippen LogP contribution in [0.25, 0.3) is 0 Å². The Bertz CT molecular complexity index is 118. The Hall–Kier alpha value is 0.210. The van der Waals surface area contributed by atoms with E-state index >= 15 is 0 Å². The lowest BCUT2D eigenvalue weighted by Gasteiger charge is -2.40. The van der Waals surface area contributed by atoms with Crippen molar-refractivity contribution < 1.29 is 9.59 Å². The highest BCUT2D eigenvalue weighted by Crippen LogP contribution is 2.15. The summed E-state index contributed by atoms with van der Waals surface area (Å²) in [4.78, 5) is 0. The summed E-state index contributed by atoms with van der Waals surface area (Å²) in [6, 6.07) is 0. The summed E-state index contributed by atoms with van der Waals surface area (Å²) in [5.41, 5.74) is 0. The lowest BCUT2D eigenvalue weighted by atomic mass is 10.2. The van der Waals surface area contributed by atoms with Crippen LogP contribution in [-0.4, -0.2) is 41.3 Å². The van der Waals surface area contributed by atoms with E-state index in [1.165, 1.54) is 0 Å². The van der Waals surface area contributed by atoms with Gasteiger partial charge in [0.1, 0.15) is 0 Å². The molecule has 0 aliphatic heterocycles. The van der Waals surface area contributed by atoms with E-state index in [4.69, 9.17) is 11.6 Å². The molecule has 0 heterocycles. The number of aliphatic hydroxyl groups is 1. The van der Waals surface area contributed by atoms with Crippen LogP contribution in [0.5, 0.6) is 0 Å². The van der Waals surface area contributed by atoms with Gasteiger partial charge < -0.3 is 5.11 Å². The normalized spacial score (nSPS) is 14.5. The predicted octanol–water partition coefficient (Wildman–Crippen LogP) is 2.20. The van der Waals surface area contributed by atoms with Crippen molar-refractivity contribution in [2.75, 3.05) is 25.5 Å². The molecule has 0 aliphatic carbocycles. The zero-order valence-corrected chi connectivity index (χ0v) is 9.85. The highest BCUT2D eigenvalue weighted by molar-refractivity contribution is 6.17. The van der Waals surface area contributed by atoms with Gasteiger partial charge in [0.2, 0.25) is 0 Å². The Morgan fingerprint density at radius 1 is 1.15 bits per heavy atom. The lowest BCUT2D eigenvalue weighted by Crippen LogP contribution is -2.55. The Morgan fingerprint density at radius 2 is 1.62 bits per heavy atom. The smallest absolute Gasteiger partial charge is 0.190 e. The van der Waals surface area contributed by atoms with Crippen molar-refractivity contribution in [1.29, 1.82) is 0 Å². The minimum atomic E-state index is -0.237. The number of nitrogens with zero attached hydrogens (tertiary/aromatic N) is 1. The first-order valence-corrected chi connectivity index (χ1v) is 5.80. The summed E-state index contributed by atoms with van der Waals surface area (Å²) in [5.74, 6) is 0.647. The maximum Gasteiger partial charge on any atom is 0.190 e. The van der Waals surface area contributed by atoms with Gasteiger partial charge in [-0.2, -0.15) is 0 Å². The van der Waals surface area contributed by atoms with Gasteiger partial charge in [0.05, 0.1) is 19.6 Å². The molecule has 1 N–H and O–H groups in total. The number of hydrogen-bond acceptors (Lipinski definition) is 1. The highest BCUT2D eigenvalue weighted by atomic mass is 35.5. The van der Waals surface area contributed by atoms with Crippen molar-refractivity contribution in [3.8, 4) is 0 Å². The predicted molar refractivity (Wildman–Crippen MR) is 57.8 cm³/mol. The number of hydrogen-bond donors (Lipinski definition) is 1. The zero-order valence-electron chi connectivity index (χ0n) is 9.09. The summed E-state index contributed by atoms with van der Waals surface area (Å²) >= 11 is 5.61. The molecular weight excluding hydrogens is 186 g/mol. The minimum absolute atomic E-state index is 0.237. The van der Waals surface area contributed by atoms with Crippen LogP contribution in [-0.2, 0) is 0 Å². The van der Waals surface area contributed by atoms with Crippen molar-refractivity contribution in [2.24, 2.45) is 0 Å². The third-order valence-electron chi connectivity index (χ3n) is 3.12. The molecule has 0 aromatic heterocycles. The molecule has 80 valence electrons. The second-order valence-corrected chi connectivity index (χ2v) is 3.86. The van der Waals surface area contributed by atoms with E-state index in [2.05, 4.69) is 20.8 Å². The number of rotatable bonds is 7. The van der Waals surface area contributed by atoms with E-state index in [0.717, 1.165) is 37.0 Å². The van der Waals surface area contributed by atoms with Gasteiger partial charge in [-0.05, 0) is 27.2 Å². The van der Waals surface area contributed by atoms with Gasteiger partial charge in [-0.3, -0.25) is 4.48 Å². The minimum Gasteiger partial charge on any atom is -0.345 e. The van der Waals surface area contributed by atoms with Crippen LogP contribution in [0.3, 0.4) is 0 Å². The van der Waals surface area contributed by atoms with Gasteiger partial charge in [-0.1, -0.05) is 0 Å². The van der Waals surface area contributed by atoms with Gasteiger partial charge in [-0.15, -0.1) is 11.6 Å². The first-order valence-electron chi connectivity index (χ1n) is 5.26. The highest BCUT2D eigenvalue weighted by Gasteiger charge is 2.29. The van der Waals surface area contributed by atoms with Gasteiger partial charge in [0.25, 0.3) is 0 Å². The van der Waals surface area contributed by atoms with E-state index < -0.39 is 0 Å². The fourth-order valence-corrected chi connectivity index (χ4v) is 1.99. The Morgan fingerprint density at radius 3 is 1.92 bits per heavy atom. The van der Waals surface area contributed by atoms with E-state index in [0.29, 0.717) is 5.88 Å². The van der Waals surface area contributed by atoms with E-state index in [9.17, 15) is 5.11 Å². The molecule has 0 rings (SSSR count). The topological polar surface area (TPSA) is 20.2 Å². The van der Waals surface area contributed by atoms with Crippen LogP contribution < -0.4 is 0 Å². The van der Waals surface area contributed by atoms with Crippen LogP contribution >= 0.6 is 11.6 Å². The quantitative estimate of drug-likeness (QED) is 0.387. The number of halogens is 1. The second-order valence-electron chi connectivity index (χ2n) is 3.48. The third-order valence-corrected chi connectivity index (χ3v) is 3.38. The van der Waals surface area contributed by atoms with Crippen molar-refractivity contribution in [3.63, 3.8) is 0 Å². The number of quaternary nitrogens is 1. The van der Waals surface area contributed by atoms with Crippen LogP contribution in [0.1, 0.15) is 33.6 Å². The lowest BCUT2D eigenvalue weighted by molar-refractivity contribution is -0.967. The second kappa shape index (κ2) is 6.63. The average molecular weight is 209 g/mol. The molecule has 0 aliphatic rings. The summed E-state index contributed by atoms with van der Waals surface area (Å²) in [6.45, 7) is 9.40. The summed E-state index contributed by atoms with van der Waals surface area (Å²) in [6.07, 6.45) is 1.49. The van der Waals surface area contributed by atoms with E-state index in [1.807, 2.05) is 0 Å². The Balaban J connectivity index is 4.17. The summed E-state index contributed by atoms with van der Waals surface area (Å²) in [7, 11) is 0. The third kappa shape index (κ3) is 3.45. The van der Waals surface area contributed by atoms with Gasteiger partial charge in [0, 0.05) is 12.3 Å². The number of alkyl halides is 1. The molecule has 3 heteroatoms. The van der Waals surface area contributed by atoms with E-state index in [-0.39, 0.29) is 6.23 Å². The molecule has 1 unspecified atom stereocenters. The van der Waals surface area contributed by atoms with E-state index in [1.54, 1.807) is 0 Å². The molecule has 0 saturated heterocycles.